The van der Waals surface area contributed by atoms with Gasteiger partial charge in [0.15, 0.2) is 0 Å². The van der Waals surface area contributed by atoms with E-state index in [1.807, 2.05) is 6.07 Å². The van der Waals surface area contributed by atoms with Crippen LogP contribution in [0, 0.1) is 5.92 Å². The van der Waals surface area contributed by atoms with E-state index in [2.05, 4.69) is 10.6 Å². The summed E-state index contributed by atoms with van der Waals surface area (Å²) in [5, 5.41) is 7.22. The van der Waals surface area contributed by atoms with Gasteiger partial charge in [-0.2, -0.15) is 0 Å². The van der Waals surface area contributed by atoms with Gasteiger partial charge in [0.2, 0.25) is 5.91 Å². The molecule has 3 aliphatic rings. The highest BCUT2D eigenvalue weighted by atomic mass is 35.5. The van der Waals surface area contributed by atoms with Gasteiger partial charge in [-0.1, -0.05) is 11.6 Å². The third kappa shape index (κ3) is 5.50. The first-order valence-corrected chi connectivity index (χ1v) is 10.1. The van der Waals surface area contributed by atoms with Crippen LogP contribution in [0.4, 0.5) is 5.69 Å². The fourth-order valence-electron chi connectivity index (χ4n) is 4.49. The van der Waals surface area contributed by atoms with Crippen molar-refractivity contribution in [3.05, 3.63) is 23.2 Å². The lowest BCUT2D eigenvalue weighted by molar-refractivity contribution is -0.117. The molecule has 0 spiro atoms. The first kappa shape index (κ1) is 20.7. The van der Waals surface area contributed by atoms with Crippen molar-refractivity contribution < 1.29 is 14.3 Å². The molecule has 1 aromatic carbocycles. The Morgan fingerprint density at radius 2 is 2.04 bits per heavy atom. The SMILES string of the molecule is Cl.O=C(CC1CC2CCC(C1)N2)Nc1cc(Cl)ccc1OCC1CCCO1. The number of carbonyl (C=O) groups is 1. The molecule has 7 heteroatoms. The molecule has 3 atom stereocenters. The average molecular weight is 415 g/mol. The molecular formula is C20H28Cl2N2O3. The second kappa shape index (κ2) is 9.46. The Hall–Kier alpha value is -1.01. The van der Waals surface area contributed by atoms with Crippen LogP contribution >= 0.6 is 24.0 Å². The Bertz CT molecular complexity index is 640. The number of piperidine rings is 1. The Morgan fingerprint density at radius 1 is 1.26 bits per heavy atom. The van der Waals surface area contributed by atoms with E-state index in [1.54, 1.807) is 12.1 Å². The molecule has 0 radical (unpaired) electrons. The first-order valence-electron chi connectivity index (χ1n) is 9.75. The van der Waals surface area contributed by atoms with E-state index >= 15 is 0 Å². The second-order valence-corrected chi connectivity index (χ2v) is 8.25. The van der Waals surface area contributed by atoms with E-state index in [9.17, 15) is 4.79 Å². The Kier molecular flexibility index (Phi) is 7.26. The number of nitrogens with one attached hydrogen (secondary N) is 2. The van der Waals surface area contributed by atoms with E-state index in [4.69, 9.17) is 21.1 Å². The van der Waals surface area contributed by atoms with Crippen molar-refractivity contribution in [1.82, 2.24) is 5.32 Å². The van der Waals surface area contributed by atoms with Crippen LogP contribution in [0.25, 0.3) is 0 Å². The molecule has 3 heterocycles. The van der Waals surface area contributed by atoms with Crippen molar-refractivity contribution in [1.29, 1.82) is 0 Å². The molecule has 4 rings (SSSR count). The lowest BCUT2D eigenvalue weighted by atomic mass is 9.89. The van der Waals surface area contributed by atoms with E-state index in [-0.39, 0.29) is 24.4 Å². The van der Waals surface area contributed by atoms with Crippen LogP contribution in [-0.2, 0) is 9.53 Å². The predicted octanol–water partition coefficient (Wildman–Crippen LogP) is 4.18. The van der Waals surface area contributed by atoms with Crippen molar-refractivity contribution >= 4 is 35.6 Å². The average Bonchev–Trinajstić information content (AvgIpc) is 3.23. The number of hydrogen-bond acceptors (Lipinski definition) is 4. The molecule has 0 aromatic heterocycles. The molecule has 1 aromatic rings. The lowest BCUT2D eigenvalue weighted by Gasteiger charge is -2.28. The zero-order chi connectivity index (χ0) is 17.9. The summed E-state index contributed by atoms with van der Waals surface area (Å²) in [5.41, 5.74) is 0.650. The van der Waals surface area contributed by atoms with Crippen LogP contribution in [0.15, 0.2) is 18.2 Å². The van der Waals surface area contributed by atoms with Gasteiger partial charge in [-0.25, -0.2) is 0 Å². The van der Waals surface area contributed by atoms with Crippen molar-refractivity contribution in [2.75, 3.05) is 18.5 Å². The highest BCUT2D eigenvalue weighted by Gasteiger charge is 2.34. The fourth-order valence-corrected chi connectivity index (χ4v) is 4.66. The maximum atomic E-state index is 12.6. The summed E-state index contributed by atoms with van der Waals surface area (Å²) in [5.74, 6) is 1.16. The number of carbonyl (C=O) groups excluding carboxylic acids is 1. The van der Waals surface area contributed by atoms with Crippen LogP contribution in [0.2, 0.25) is 5.02 Å². The van der Waals surface area contributed by atoms with Crippen molar-refractivity contribution in [2.45, 2.75) is 63.1 Å². The highest BCUT2D eigenvalue weighted by Crippen LogP contribution is 2.34. The lowest BCUT2D eigenvalue weighted by Crippen LogP contribution is -2.39. The molecule has 3 fully saturated rings. The van der Waals surface area contributed by atoms with Gasteiger partial charge in [-0.3, -0.25) is 4.79 Å². The molecule has 27 heavy (non-hydrogen) atoms. The summed E-state index contributed by atoms with van der Waals surface area (Å²) < 4.78 is 11.5. The second-order valence-electron chi connectivity index (χ2n) is 7.81. The summed E-state index contributed by atoms with van der Waals surface area (Å²) in [4.78, 5) is 12.6. The van der Waals surface area contributed by atoms with Gasteiger partial charge in [0, 0.05) is 30.1 Å². The minimum Gasteiger partial charge on any atom is -0.489 e. The van der Waals surface area contributed by atoms with Crippen molar-refractivity contribution in [3.63, 3.8) is 0 Å². The zero-order valence-electron chi connectivity index (χ0n) is 15.4. The highest BCUT2D eigenvalue weighted by molar-refractivity contribution is 6.31. The molecular weight excluding hydrogens is 387 g/mol. The topological polar surface area (TPSA) is 59.6 Å². The molecule has 3 saturated heterocycles. The summed E-state index contributed by atoms with van der Waals surface area (Å²) in [6, 6.07) is 6.56. The molecule has 0 saturated carbocycles. The predicted molar refractivity (Wildman–Crippen MR) is 109 cm³/mol. The summed E-state index contributed by atoms with van der Waals surface area (Å²) in [6.07, 6.45) is 7.50. The first-order chi connectivity index (χ1) is 12.7. The molecule has 150 valence electrons. The van der Waals surface area contributed by atoms with E-state index < -0.39 is 0 Å². The van der Waals surface area contributed by atoms with Crippen molar-refractivity contribution in [3.8, 4) is 5.75 Å². The maximum Gasteiger partial charge on any atom is 0.224 e. The molecule has 2 N–H and O–H groups in total. The molecule has 1 amide bonds. The largest absolute Gasteiger partial charge is 0.489 e. The number of rotatable bonds is 6. The van der Waals surface area contributed by atoms with Gasteiger partial charge < -0.3 is 20.1 Å². The molecule has 0 aliphatic carbocycles. The zero-order valence-corrected chi connectivity index (χ0v) is 17.0. The number of anilines is 1. The quantitative estimate of drug-likeness (QED) is 0.732. The van der Waals surface area contributed by atoms with Crippen LogP contribution < -0.4 is 15.4 Å². The number of hydrogen-bond donors (Lipinski definition) is 2. The molecule has 2 bridgehead atoms. The molecule has 3 aliphatic heterocycles. The number of fused-ring (bicyclic) bond motifs is 2. The number of halogens is 2. The number of amides is 1. The van der Waals surface area contributed by atoms with Gasteiger partial charge in [0.25, 0.3) is 0 Å². The van der Waals surface area contributed by atoms with E-state index in [0.29, 0.717) is 47.5 Å². The Labute approximate surface area is 171 Å². The van der Waals surface area contributed by atoms with Crippen LogP contribution in [-0.4, -0.2) is 37.3 Å². The van der Waals surface area contributed by atoms with Gasteiger partial charge in [0.05, 0.1) is 11.8 Å². The third-order valence-electron chi connectivity index (χ3n) is 5.71. The fraction of sp³-hybridized carbons (Fsp3) is 0.650. The minimum absolute atomic E-state index is 0. The summed E-state index contributed by atoms with van der Waals surface area (Å²) in [6.45, 7) is 1.30. The molecule has 5 nitrogen and oxygen atoms in total. The van der Waals surface area contributed by atoms with Crippen molar-refractivity contribution in [2.24, 2.45) is 5.92 Å². The number of benzene rings is 1. The summed E-state index contributed by atoms with van der Waals surface area (Å²) >= 11 is 6.13. The normalized spacial score (nSPS) is 29.2. The standard InChI is InChI=1S/C20H27ClN2O3.ClH/c21-14-3-6-19(26-12-17-2-1-7-25-17)18(11-14)23-20(24)10-13-8-15-4-5-16(9-13)22-15;/h3,6,11,13,15-17,22H,1-2,4-5,7-10,12H2,(H,23,24);1H. The van der Waals surface area contributed by atoms with Gasteiger partial charge in [0.1, 0.15) is 12.4 Å². The number of ether oxygens (including phenoxy) is 2. The van der Waals surface area contributed by atoms with Crippen LogP contribution in [0.1, 0.15) is 44.9 Å². The van der Waals surface area contributed by atoms with E-state index in [1.165, 1.54) is 12.8 Å². The Balaban J connectivity index is 0.00000210. The van der Waals surface area contributed by atoms with E-state index in [0.717, 1.165) is 32.3 Å². The Morgan fingerprint density at radius 3 is 2.74 bits per heavy atom. The van der Waals surface area contributed by atoms with Gasteiger partial charge >= 0.3 is 0 Å². The third-order valence-corrected chi connectivity index (χ3v) is 5.94. The maximum absolute atomic E-state index is 12.6. The smallest absolute Gasteiger partial charge is 0.224 e. The molecule has 3 unspecified atom stereocenters. The summed E-state index contributed by atoms with van der Waals surface area (Å²) in [7, 11) is 0. The van der Waals surface area contributed by atoms with Crippen LogP contribution in [0.3, 0.4) is 0 Å². The van der Waals surface area contributed by atoms with Gasteiger partial charge in [-0.15, -0.1) is 12.4 Å². The van der Waals surface area contributed by atoms with Crippen LogP contribution in [0.5, 0.6) is 5.75 Å². The van der Waals surface area contributed by atoms with Gasteiger partial charge in [-0.05, 0) is 62.6 Å². The minimum atomic E-state index is 0. The monoisotopic (exact) mass is 414 g/mol.